The van der Waals surface area contributed by atoms with Crippen LogP contribution in [-0.4, -0.2) is 36.1 Å². The molecule has 5 heteroatoms. The van der Waals surface area contributed by atoms with Gasteiger partial charge in [0.15, 0.2) is 0 Å². The first-order chi connectivity index (χ1) is 11.6. The molecule has 0 saturated heterocycles. The highest BCUT2D eigenvalue weighted by molar-refractivity contribution is 5.94. The standard InChI is InChI=1S/C19H20N2O3/c1-3-24-17(22)12-21-18(14-7-5-4-6-8-14)15-11-13(2)9-10-16(15)20-19(21)23/h4-11,16H,3,12H2,1-2H3,(H,20,23). The molecule has 3 rings (SSSR count). The molecule has 0 radical (unpaired) electrons. The van der Waals surface area contributed by atoms with E-state index in [-0.39, 0.29) is 25.2 Å². The third-order valence-electron chi connectivity index (χ3n) is 3.98. The number of carbonyl (C=O) groups excluding carboxylic acids is 2. The highest BCUT2D eigenvalue weighted by atomic mass is 16.5. The second-order valence-corrected chi connectivity index (χ2v) is 5.74. The number of amides is 2. The fourth-order valence-corrected chi connectivity index (χ4v) is 2.95. The number of nitrogens with zero attached hydrogens (tertiary/aromatic N) is 1. The van der Waals surface area contributed by atoms with E-state index in [1.54, 1.807) is 6.92 Å². The molecule has 0 saturated carbocycles. The third kappa shape index (κ3) is 3.11. The van der Waals surface area contributed by atoms with Gasteiger partial charge in [-0.1, -0.05) is 54.1 Å². The van der Waals surface area contributed by atoms with Crippen LogP contribution in [0.1, 0.15) is 19.4 Å². The fraction of sp³-hybridized carbons (Fsp3) is 0.263. The van der Waals surface area contributed by atoms with Crippen molar-refractivity contribution in [2.45, 2.75) is 19.9 Å². The summed E-state index contributed by atoms with van der Waals surface area (Å²) in [5, 5.41) is 2.93. The topological polar surface area (TPSA) is 58.6 Å². The second kappa shape index (κ2) is 6.74. The molecule has 1 heterocycles. The van der Waals surface area contributed by atoms with Crippen LogP contribution in [0.4, 0.5) is 4.79 Å². The number of nitrogens with one attached hydrogen (secondary N) is 1. The molecular formula is C19H20N2O3. The van der Waals surface area contributed by atoms with E-state index in [4.69, 9.17) is 4.74 Å². The molecule has 1 aliphatic heterocycles. The molecule has 0 spiro atoms. The van der Waals surface area contributed by atoms with Gasteiger partial charge in [-0.05, 0) is 19.4 Å². The lowest BCUT2D eigenvalue weighted by molar-refractivity contribution is -0.143. The Bertz CT molecular complexity index is 747. The summed E-state index contributed by atoms with van der Waals surface area (Å²) in [6.45, 7) is 3.93. The minimum Gasteiger partial charge on any atom is -0.465 e. The maximum Gasteiger partial charge on any atom is 0.326 e. The number of fused-ring (bicyclic) bond motifs is 1. The van der Waals surface area contributed by atoms with Crippen molar-refractivity contribution in [2.24, 2.45) is 0 Å². The zero-order valence-electron chi connectivity index (χ0n) is 13.8. The van der Waals surface area contributed by atoms with Crippen molar-refractivity contribution in [3.63, 3.8) is 0 Å². The number of hydrogen-bond donors (Lipinski definition) is 1. The van der Waals surface area contributed by atoms with E-state index in [1.807, 2.05) is 55.5 Å². The first kappa shape index (κ1) is 16.1. The van der Waals surface area contributed by atoms with Crippen LogP contribution in [0, 0.1) is 0 Å². The zero-order valence-corrected chi connectivity index (χ0v) is 13.8. The molecule has 1 atom stereocenters. The predicted octanol–water partition coefficient (Wildman–Crippen LogP) is 2.87. The smallest absolute Gasteiger partial charge is 0.326 e. The molecule has 1 aromatic carbocycles. The van der Waals surface area contributed by atoms with E-state index in [0.29, 0.717) is 0 Å². The lowest BCUT2D eigenvalue weighted by atomic mass is 9.91. The van der Waals surface area contributed by atoms with Crippen molar-refractivity contribution in [3.05, 3.63) is 65.3 Å². The molecule has 5 nitrogen and oxygen atoms in total. The normalized spacial score (nSPS) is 19.6. The zero-order chi connectivity index (χ0) is 17.1. The number of carbonyl (C=O) groups is 2. The lowest BCUT2D eigenvalue weighted by Gasteiger charge is -2.36. The van der Waals surface area contributed by atoms with Crippen molar-refractivity contribution in [1.82, 2.24) is 10.2 Å². The third-order valence-corrected chi connectivity index (χ3v) is 3.98. The van der Waals surface area contributed by atoms with E-state index in [2.05, 4.69) is 5.32 Å². The summed E-state index contributed by atoms with van der Waals surface area (Å²) in [4.78, 5) is 26.0. The maximum absolute atomic E-state index is 12.6. The van der Waals surface area contributed by atoms with Crippen LogP contribution in [0.25, 0.3) is 5.70 Å². The Morgan fingerprint density at radius 2 is 2.04 bits per heavy atom. The molecule has 1 unspecified atom stereocenters. The Morgan fingerprint density at radius 1 is 1.29 bits per heavy atom. The van der Waals surface area contributed by atoms with Gasteiger partial charge in [-0.3, -0.25) is 9.69 Å². The number of ether oxygens (including phenoxy) is 1. The largest absolute Gasteiger partial charge is 0.465 e. The van der Waals surface area contributed by atoms with Gasteiger partial charge in [0.05, 0.1) is 18.3 Å². The quantitative estimate of drug-likeness (QED) is 0.867. The number of esters is 1. The lowest BCUT2D eigenvalue weighted by Crippen LogP contribution is -2.51. The van der Waals surface area contributed by atoms with Crippen LogP contribution in [-0.2, 0) is 9.53 Å². The van der Waals surface area contributed by atoms with E-state index >= 15 is 0 Å². The van der Waals surface area contributed by atoms with E-state index in [0.717, 1.165) is 22.4 Å². The molecule has 124 valence electrons. The number of hydrogen-bond acceptors (Lipinski definition) is 3. The molecule has 0 fully saturated rings. The number of allylic oxidation sites excluding steroid dienone is 2. The van der Waals surface area contributed by atoms with Gasteiger partial charge >= 0.3 is 12.0 Å². The summed E-state index contributed by atoms with van der Waals surface area (Å²) < 4.78 is 5.02. The van der Waals surface area contributed by atoms with Gasteiger partial charge in [-0.25, -0.2) is 4.79 Å². The average molecular weight is 324 g/mol. The summed E-state index contributed by atoms with van der Waals surface area (Å²) >= 11 is 0. The Morgan fingerprint density at radius 3 is 2.75 bits per heavy atom. The molecule has 1 aromatic rings. The van der Waals surface area contributed by atoms with Crippen LogP contribution in [0.15, 0.2) is 59.7 Å². The number of urea groups is 1. The summed E-state index contributed by atoms with van der Waals surface area (Å²) in [5.74, 6) is -0.424. The Balaban J connectivity index is 2.09. The van der Waals surface area contributed by atoms with Crippen LogP contribution in [0.2, 0.25) is 0 Å². The Kier molecular flexibility index (Phi) is 4.51. The van der Waals surface area contributed by atoms with Crippen LogP contribution >= 0.6 is 0 Å². The number of rotatable bonds is 4. The first-order valence-corrected chi connectivity index (χ1v) is 8.00. The van der Waals surface area contributed by atoms with E-state index < -0.39 is 5.97 Å². The van der Waals surface area contributed by atoms with Gasteiger partial charge < -0.3 is 10.1 Å². The first-order valence-electron chi connectivity index (χ1n) is 8.00. The average Bonchev–Trinajstić information content (AvgIpc) is 2.57. The van der Waals surface area contributed by atoms with Crippen molar-refractivity contribution in [2.75, 3.05) is 13.2 Å². The summed E-state index contributed by atoms with van der Waals surface area (Å²) in [7, 11) is 0. The Labute approximate surface area is 141 Å². The van der Waals surface area contributed by atoms with Crippen LogP contribution in [0.3, 0.4) is 0 Å². The van der Waals surface area contributed by atoms with Crippen molar-refractivity contribution >= 4 is 17.7 Å². The highest BCUT2D eigenvalue weighted by Gasteiger charge is 2.34. The SMILES string of the molecule is CCOC(=O)CN1C(=O)NC2C=CC(C)=CC2=C1c1ccccc1. The maximum atomic E-state index is 12.6. The van der Waals surface area contributed by atoms with Crippen LogP contribution < -0.4 is 5.32 Å². The minimum atomic E-state index is -0.424. The van der Waals surface area contributed by atoms with E-state index in [9.17, 15) is 9.59 Å². The summed E-state index contributed by atoms with van der Waals surface area (Å²) in [6.07, 6.45) is 6.00. The molecule has 24 heavy (non-hydrogen) atoms. The van der Waals surface area contributed by atoms with Gasteiger partial charge in [0.2, 0.25) is 0 Å². The number of benzene rings is 1. The fourth-order valence-electron chi connectivity index (χ4n) is 2.95. The minimum absolute atomic E-state index is 0.114. The molecule has 0 aromatic heterocycles. The second-order valence-electron chi connectivity index (χ2n) is 5.74. The molecule has 0 bridgehead atoms. The highest BCUT2D eigenvalue weighted by Crippen LogP contribution is 2.32. The predicted molar refractivity (Wildman–Crippen MR) is 91.9 cm³/mol. The van der Waals surface area contributed by atoms with Crippen LogP contribution in [0.5, 0.6) is 0 Å². The van der Waals surface area contributed by atoms with Gasteiger partial charge in [0.1, 0.15) is 6.54 Å². The summed E-state index contributed by atoms with van der Waals surface area (Å²) in [5.41, 5.74) is 3.73. The summed E-state index contributed by atoms with van der Waals surface area (Å²) in [6, 6.07) is 9.16. The molecule has 2 amide bonds. The monoisotopic (exact) mass is 324 g/mol. The Hall–Kier alpha value is -2.82. The molecule has 1 aliphatic carbocycles. The molecule has 2 aliphatic rings. The van der Waals surface area contributed by atoms with Gasteiger partial charge in [0.25, 0.3) is 0 Å². The van der Waals surface area contributed by atoms with Crippen molar-refractivity contribution in [3.8, 4) is 0 Å². The molecular weight excluding hydrogens is 304 g/mol. The van der Waals surface area contributed by atoms with Gasteiger partial charge in [0, 0.05) is 5.57 Å². The van der Waals surface area contributed by atoms with E-state index in [1.165, 1.54) is 4.90 Å². The van der Waals surface area contributed by atoms with Crippen molar-refractivity contribution in [1.29, 1.82) is 0 Å². The molecule has 1 N–H and O–H groups in total. The van der Waals surface area contributed by atoms with Gasteiger partial charge in [-0.15, -0.1) is 0 Å². The van der Waals surface area contributed by atoms with Crippen molar-refractivity contribution < 1.29 is 14.3 Å². The van der Waals surface area contributed by atoms with Gasteiger partial charge in [-0.2, -0.15) is 0 Å².